The van der Waals surface area contributed by atoms with Crippen molar-refractivity contribution in [2.75, 3.05) is 0 Å². The third-order valence-corrected chi connectivity index (χ3v) is 10.4. The number of thiazole rings is 1. The molecule has 8 heteroatoms. The van der Waals surface area contributed by atoms with E-state index < -0.39 is 11.7 Å². The molecule has 0 amide bonds. The number of hydrogen-bond acceptors (Lipinski definition) is 4. The standard InChI is InChI=1S/C25H26F3N3S2/c26-25(27,28)17-1-4-21-20(8-17)30-23(31(21)19-2-3-19)33-13-18-12-32-22(29-18)24-9-14-5-15(10-24)7-16(6-14)11-24/h1,4,8,12,14-16,19H,2-3,5-7,9-11,13H2. The molecule has 0 spiro atoms. The van der Waals surface area contributed by atoms with Crippen LogP contribution in [-0.4, -0.2) is 14.5 Å². The number of rotatable bonds is 5. The lowest BCUT2D eigenvalue weighted by Gasteiger charge is -2.56. The molecule has 5 saturated carbocycles. The monoisotopic (exact) mass is 489 g/mol. The van der Waals surface area contributed by atoms with Gasteiger partial charge in [-0.05, 0) is 87.3 Å². The highest BCUT2D eigenvalue weighted by Crippen LogP contribution is 2.61. The van der Waals surface area contributed by atoms with E-state index >= 15 is 0 Å². The lowest BCUT2D eigenvalue weighted by atomic mass is 9.50. The summed E-state index contributed by atoms with van der Waals surface area (Å²) in [7, 11) is 0. The Hall–Kier alpha value is -1.54. The number of fused-ring (bicyclic) bond motifs is 1. The van der Waals surface area contributed by atoms with Crippen LogP contribution in [0.4, 0.5) is 13.2 Å². The average molecular weight is 490 g/mol. The van der Waals surface area contributed by atoms with E-state index in [9.17, 15) is 13.2 Å². The molecular formula is C25H26F3N3S2. The molecule has 4 bridgehead atoms. The van der Waals surface area contributed by atoms with Crippen LogP contribution >= 0.6 is 23.1 Å². The van der Waals surface area contributed by atoms with Crippen LogP contribution in [0.25, 0.3) is 11.0 Å². The zero-order valence-electron chi connectivity index (χ0n) is 18.3. The zero-order chi connectivity index (χ0) is 22.4. The molecule has 0 saturated heterocycles. The number of aromatic nitrogens is 3. The Morgan fingerprint density at radius 2 is 1.73 bits per heavy atom. The Labute approximate surface area is 199 Å². The van der Waals surface area contributed by atoms with Crippen molar-refractivity contribution in [1.29, 1.82) is 0 Å². The molecule has 0 N–H and O–H groups in total. The summed E-state index contributed by atoms with van der Waals surface area (Å²) in [6.45, 7) is 0. The summed E-state index contributed by atoms with van der Waals surface area (Å²) in [5.41, 5.74) is 2.01. The largest absolute Gasteiger partial charge is 0.416 e. The van der Waals surface area contributed by atoms with E-state index in [2.05, 4.69) is 14.9 Å². The van der Waals surface area contributed by atoms with Gasteiger partial charge in [-0.3, -0.25) is 0 Å². The molecule has 5 aliphatic carbocycles. The van der Waals surface area contributed by atoms with Gasteiger partial charge in [0.05, 0.1) is 27.3 Å². The van der Waals surface area contributed by atoms with E-state index in [1.807, 2.05) is 11.3 Å². The lowest BCUT2D eigenvalue weighted by molar-refractivity contribution is -0.137. The van der Waals surface area contributed by atoms with Crippen molar-refractivity contribution in [1.82, 2.24) is 14.5 Å². The molecule has 5 aliphatic rings. The van der Waals surface area contributed by atoms with Crippen LogP contribution in [0.1, 0.15) is 73.7 Å². The molecule has 8 rings (SSSR count). The summed E-state index contributed by atoms with van der Waals surface area (Å²) in [6, 6.07) is 4.30. The van der Waals surface area contributed by atoms with Crippen LogP contribution in [0.5, 0.6) is 0 Å². The molecule has 1 aromatic carbocycles. The molecule has 3 aromatic rings. The predicted octanol–water partition coefficient (Wildman–Crippen LogP) is 7.61. The molecule has 5 fully saturated rings. The Morgan fingerprint density at radius 3 is 2.36 bits per heavy atom. The summed E-state index contributed by atoms with van der Waals surface area (Å²) in [5.74, 6) is 3.42. The fourth-order valence-electron chi connectivity index (χ4n) is 7.17. The number of imidazole rings is 1. The van der Waals surface area contributed by atoms with E-state index in [4.69, 9.17) is 4.98 Å². The Bertz CT molecular complexity index is 1190. The van der Waals surface area contributed by atoms with Crippen molar-refractivity contribution in [2.45, 2.75) is 79.9 Å². The second-order valence-corrected chi connectivity index (χ2v) is 12.6. The quantitative estimate of drug-likeness (QED) is 0.346. The van der Waals surface area contributed by atoms with Crippen LogP contribution in [0.15, 0.2) is 28.7 Å². The van der Waals surface area contributed by atoms with Gasteiger partial charge in [-0.15, -0.1) is 11.3 Å². The number of alkyl halides is 3. The molecule has 0 aliphatic heterocycles. The highest BCUT2D eigenvalue weighted by atomic mass is 32.2. The van der Waals surface area contributed by atoms with Gasteiger partial charge in [0.25, 0.3) is 0 Å². The van der Waals surface area contributed by atoms with Gasteiger partial charge in [0.1, 0.15) is 0 Å². The fourth-order valence-corrected chi connectivity index (χ4v) is 9.30. The van der Waals surface area contributed by atoms with Crippen molar-refractivity contribution in [3.8, 4) is 0 Å². The summed E-state index contributed by atoms with van der Waals surface area (Å²) in [4.78, 5) is 9.74. The van der Waals surface area contributed by atoms with E-state index in [1.54, 1.807) is 17.8 Å². The Kier molecular flexibility index (Phi) is 4.56. The minimum absolute atomic E-state index is 0.317. The summed E-state index contributed by atoms with van der Waals surface area (Å²) >= 11 is 3.44. The highest BCUT2D eigenvalue weighted by Gasteiger charge is 2.52. The van der Waals surface area contributed by atoms with Gasteiger partial charge in [-0.2, -0.15) is 13.2 Å². The van der Waals surface area contributed by atoms with Crippen LogP contribution in [0.2, 0.25) is 0 Å². The number of nitrogens with zero attached hydrogens (tertiary/aromatic N) is 3. The average Bonchev–Trinajstić information content (AvgIpc) is 3.34. The van der Waals surface area contributed by atoms with Crippen LogP contribution in [0.3, 0.4) is 0 Å². The molecule has 2 aromatic heterocycles. The van der Waals surface area contributed by atoms with Crippen LogP contribution in [-0.2, 0) is 17.3 Å². The summed E-state index contributed by atoms with van der Waals surface area (Å²) < 4.78 is 41.7. The molecule has 0 unspecified atom stereocenters. The van der Waals surface area contributed by atoms with Gasteiger partial charge < -0.3 is 4.57 Å². The number of halogens is 3. The van der Waals surface area contributed by atoms with Crippen molar-refractivity contribution in [3.05, 3.63) is 39.8 Å². The minimum atomic E-state index is -4.35. The molecule has 33 heavy (non-hydrogen) atoms. The van der Waals surface area contributed by atoms with E-state index in [0.29, 0.717) is 22.7 Å². The molecule has 0 radical (unpaired) electrons. The van der Waals surface area contributed by atoms with Gasteiger partial charge in [0.2, 0.25) is 0 Å². The summed E-state index contributed by atoms with van der Waals surface area (Å²) in [5, 5.41) is 4.35. The smallest absolute Gasteiger partial charge is 0.316 e. The van der Waals surface area contributed by atoms with E-state index in [-0.39, 0.29) is 0 Å². The molecule has 2 heterocycles. The van der Waals surface area contributed by atoms with Gasteiger partial charge in [-0.1, -0.05) is 11.8 Å². The maximum absolute atomic E-state index is 13.2. The van der Waals surface area contributed by atoms with Gasteiger partial charge in [0.15, 0.2) is 5.16 Å². The zero-order valence-corrected chi connectivity index (χ0v) is 19.9. The van der Waals surface area contributed by atoms with Crippen molar-refractivity contribution < 1.29 is 13.2 Å². The first-order valence-corrected chi connectivity index (χ1v) is 13.9. The molecular weight excluding hydrogens is 463 g/mol. The molecule has 3 nitrogen and oxygen atoms in total. The summed E-state index contributed by atoms with van der Waals surface area (Å²) in [6.07, 6.45) is 6.02. The SMILES string of the molecule is FC(F)(F)c1ccc2c(c1)nc(SCc1csc(C34CC5CC(CC(C5)C3)C4)n1)n2C1CC1. The first kappa shape index (κ1) is 20.8. The van der Waals surface area contributed by atoms with Gasteiger partial charge in [0, 0.05) is 22.6 Å². The normalized spacial score (nSPS) is 31.1. The number of benzene rings is 1. The Morgan fingerprint density at radius 1 is 1.03 bits per heavy atom. The second-order valence-electron chi connectivity index (χ2n) is 10.8. The third kappa shape index (κ3) is 3.54. The third-order valence-electron chi connectivity index (χ3n) is 8.29. The second kappa shape index (κ2) is 7.23. The van der Waals surface area contributed by atoms with Crippen LogP contribution < -0.4 is 0 Å². The Balaban J connectivity index is 1.14. The first-order chi connectivity index (χ1) is 15.9. The first-order valence-electron chi connectivity index (χ1n) is 12.0. The lowest BCUT2D eigenvalue weighted by Crippen LogP contribution is -2.48. The molecule has 0 atom stereocenters. The van der Waals surface area contributed by atoms with Gasteiger partial charge in [-0.25, -0.2) is 9.97 Å². The van der Waals surface area contributed by atoms with Crippen molar-refractivity contribution in [2.24, 2.45) is 17.8 Å². The highest BCUT2D eigenvalue weighted by molar-refractivity contribution is 7.98. The van der Waals surface area contributed by atoms with E-state index in [1.165, 1.54) is 55.7 Å². The van der Waals surface area contributed by atoms with Crippen molar-refractivity contribution >= 4 is 34.1 Å². The topological polar surface area (TPSA) is 30.7 Å². The van der Waals surface area contributed by atoms with Crippen LogP contribution in [0, 0.1) is 17.8 Å². The van der Waals surface area contributed by atoms with Gasteiger partial charge >= 0.3 is 6.18 Å². The van der Waals surface area contributed by atoms with E-state index in [0.717, 1.165) is 47.0 Å². The molecule has 174 valence electrons. The van der Waals surface area contributed by atoms with Crippen molar-refractivity contribution in [3.63, 3.8) is 0 Å². The minimum Gasteiger partial charge on any atom is -0.316 e. The number of hydrogen-bond donors (Lipinski definition) is 0. The number of thioether (sulfide) groups is 1. The fraction of sp³-hybridized carbons (Fsp3) is 0.600. The maximum atomic E-state index is 13.2. The predicted molar refractivity (Wildman–Crippen MR) is 125 cm³/mol. The maximum Gasteiger partial charge on any atom is 0.416 e.